The van der Waals surface area contributed by atoms with Crippen molar-refractivity contribution in [2.24, 2.45) is 0 Å². The molecule has 0 fully saturated rings. The van der Waals surface area contributed by atoms with Gasteiger partial charge in [0.25, 0.3) is 10.2 Å². The van der Waals surface area contributed by atoms with Gasteiger partial charge in [0.05, 0.1) is 18.8 Å². The summed E-state index contributed by atoms with van der Waals surface area (Å²) in [6, 6.07) is 1.65. The smallest absolute Gasteiger partial charge is 0.341 e. The van der Waals surface area contributed by atoms with Gasteiger partial charge in [0.1, 0.15) is 5.00 Å². The molecule has 120 valence electrons. The molecule has 0 aliphatic heterocycles. The SMILES string of the molecule is CCOC(=O)c1cc(CC)sc1NS(=O)(=O)NCCOC. The number of nitrogens with one attached hydrogen (secondary N) is 2. The second kappa shape index (κ2) is 8.32. The molecular weight excluding hydrogens is 316 g/mol. The Morgan fingerprint density at radius 2 is 2.10 bits per heavy atom. The zero-order chi connectivity index (χ0) is 15.9. The number of aryl methyl sites for hydroxylation is 1. The van der Waals surface area contributed by atoms with Crippen LogP contribution in [-0.2, 0) is 26.1 Å². The number of carbonyl (C=O) groups excluding carboxylic acids is 1. The van der Waals surface area contributed by atoms with Crippen LogP contribution in [0.2, 0.25) is 0 Å². The van der Waals surface area contributed by atoms with Gasteiger partial charge in [0.2, 0.25) is 0 Å². The molecule has 1 heterocycles. The Morgan fingerprint density at radius 1 is 1.38 bits per heavy atom. The van der Waals surface area contributed by atoms with Gasteiger partial charge in [-0.1, -0.05) is 6.92 Å². The third-order valence-electron chi connectivity index (χ3n) is 2.45. The average Bonchev–Trinajstić information content (AvgIpc) is 2.81. The van der Waals surface area contributed by atoms with Crippen molar-refractivity contribution in [3.05, 3.63) is 16.5 Å². The molecule has 9 heteroatoms. The van der Waals surface area contributed by atoms with E-state index in [4.69, 9.17) is 9.47 Å². The van der Waals surface area contributed by atoms with E-state index in [1.54, 1.807) is 13.0 Å². The Morgan fingerprint density at radius 3 is 2.67 bits per heavy atom. The molecule has 0 aromatic carbocycles. The number of rotatable bonds is 9. The van der Waals surface area contributed by atoms with Crippen molar-refractivity contribution in [2.75, 3.05) is 31.6 Å². The van der Waals surface area contributed by atoms with Crippen LogP contribution < -0.4 is 9.44 Å². The lowest BCUT2D eigenvalue weighted by molar-refractivity contribution is 0.0528. The van der Waals surface area contributed by atoms with Gasteiger partial charge in [0, 0.05) is 18.5 Å². The second-order valence-corrected chi connectivity index (χ2v) is 6.66. The fourth-order valence-electron chi connectivity index (χ4n) is 1.49. The van der Waals surface area contributed by atoms with Crippen LogP contribution in [0.1, 0.15) is 29.1 Å². The third-order valence-corrected chi connectivity index (χ3v) is 4.83. The van der Waals surface area contributed by atoms with Gasteiger partial charge in [0.15, 0.2) is 0 Å². The molecule has 0 aliphatic rings. The number of thiophene rings is 1. The van der Waals surface area contributed by atoms with Crippen molar-refractivity contribution >= 4 is 32.5 Å². The molecule has 0 unspecified atom stereocenters. The molecular formula is C12H20N2O5S2. The Hall–Kier alpha value is -1.16. The standard InChI is InChI=1S/C12H20N2O5S2/c1-4-9-8-10(12(15)19-5-2)11(20-9)14-21(16,17)13-6-7-18-3/h8,13-14H,4-7H2,1-3H3. The maximum absolute atomic E-state index is 11.9. The summed E-state index contributed by atoms with van der Waals surface area (Å²) < 4.78 is 38.2. The van der Waals surface area contributed by atoms with E-state index in [0.717, 1.165) is 4.88 Å². The maximum atomic E-state index is 11.9. The molecule has 1 aromatic heterocycles. The predicted octanol–water partition coefficient (Wildman–Crippen LogP) is 1.38. The van der Waals surface area contributed by atoms with E-state index in [0.29, 0.717) is 6.42 Å². The maximum Gasteiger partial charge on any atom is 0.341 e. The van der Waals surface area contributed by atoms with Crippen molar-refractivity contribution in [2.45, 2.75) is 20.3 Å². The number of ether oxygens (including phenoxy) is 2. The fourth-order valence-corrected chi connectivity index (χ4v) is 3.60. The zero-order valence-corrected chi connectivity index (χ0v) is 13.9. The number of carbonyl (C=O) groups is 1. The summed E-state index contributed by atoms with van der Waals surface area (Å²) in [5.41, 5.74) is 0.232. The van der Waals surface area contributed by atoms with Crippen LogP contribution in [0, 0.1) is 0 Å². The van der Waals surface area contributed by atoms with Crippen molar-refractivity contribution in [1.82, 2.24) is 4.72 Å². The molecule has 0 saturated heterocycles. The normalized spacial score (nSPS) is 11.4. The molecule has 2 N–H and O–H groups in total. The Balaban J connectivity index is 2.90. The Kier molecular flexibility index (Phi) is 7.09. The van der Waals surface area contributed by atoms with Gasteiger partial charge in [-0.25, -0.2) is 4.79 Å². The molecule has 7 nitrogen and oxygen atoms in total. The second-order valence-electron chi connectivity index (χ2n) is 4.02. The molecule has 0 bridgehead atoms. The first kappa shape index (κ1) is 17.9. The van der Waals surface area contributed by atoms with E-state index in [1.807, 2.05) is 6.92 Å². The minimum atomic E-state index is -3.75. The molecule has 0 spiro atoms. The molecule has 0 amide bonds. The van der Waals surface area contributed by atoms with Crippen molar-refractivity contribution in [3.8, 4) is 0 Å². The molecule has 0 atom stereocenters. The number of hydrogen-bond donors (Lipinski definition) is 2. The first-order valence-corrected chi connectivity index (χ1v) is 8.79. The van der Waals surface area contributed by atoms with Gasteiger partial charge >= 0.3 is 5.97 Å². The van der Waals surface area contributed by atoms with E-state index in [2.05, 4.69) is 9.44 Å². The van der Waals surface area contributed by atoms with Gasteiger partial charge in [-0.15, -0.1) is 11.3 Å². The molecule has 0 aliphatic carbocycles. The lowest BCUT2D eigenvalue weighted by Crippen LogP contribution is -2.32. The lowest BCUT2D eigenvalue weighted by Gasteiger charge is -2.09. The van der Waals surface area contributed by atoms with E-state index < -0.39 is 16.2 Å². The highest BCUT2D eigenvalue weighted by atomic mass is 32.2. The van der Waals surface area contributed by atoms with Gasteiger partial charge in [-0.2, -0.15) is 13.1 Å². The molecule has 21 heavy (non-hydrogen) atoms. The van der Waals surface area contributed by atoms with Crippen molar-refractivity contribution in [1.29, 1.82) is 0 Å². The van der Waals surface area contributed by atoms with E-state index in [9.17, 15) is 13.2 Å². The highest BCUT2D eigenvalue weighted by Crippen LogP contribution is 2.29. The van der Waals surface area contributed by atoms with Crippen LogP contribution in [-0.4, -0.2) is 41.3 Å². The quantitative estimate of drug-likeness (QED) is 0.525. The summed E-state index contributed by atoms with van der Waals surface area (Å²) in [6.45, 7) is 4.26. The summed E-state index contributed by atoms with van der Waals surface area (Å²) in [6.07, 6.45) is 0.704. The predicted molar refractivity (Wildman–Crippen MR) is 82.1 cm³/mol. The van der Waals surface area contributed by atoms with Gasteiger partial charge < -0.3 is 9.47 Å². The minimum Gasteiger partial charge on any atom is -0.462 e. The van der Waals surface area contributed by atoms with Crippen LogP contribution in [0.15, 0.2) is 6.07 Å². The highest BCUT2D eigenvalue weighted by Gasteiger charge is 2.20. The first-order valence-electron chi connectivity index (χ1n) is 6.49. The number of hydrogen-bond acceptors (Lipinski definition) is 6. The van der Waals surface area contributed by atoms with Crippen molar-refractivity contribution < 1.29 is 22.7 Å². The summed E-state index contributed by atoms with van der Waals surface area (Å²) in [7, 11) is -2.27. The average molecular weight is 336 g/mol. The number of anilines is 1. The van der Waals surface area contributed by atoms with Crippen molar-refractivity contribution in [3.63, 3.8) is 0 Å². The third kappa shape index (κ3) is 5.62. The van der Waals surface area contributed by atoms with Crippen LogP contribution in [0.3, 0.4) is 0 Å². The topological polar surface area (TPSA) is 93.7 Å². The zero-order valence-electron chi connectivity index (χ0n) is 12.3. The summed E-state index contributed by atoms with van der Waals surface area (Å²) in [4.78, 5) is 12.7. The molecule has 1 rings (SSSR count). The monoisotopic (exact) mass is 336 g/mol. The number of esters is 1. The van der Waals surface area contributed by atoms with Crippen LogP contribution in [0.5, 0.6) is 0 Å². The Labute approximate surface area is 128 Å². The molecule has 0 radical (unpaired) electrons. The largest absolute Gasteiger partial charge is 0.462 e. The summed E-state index contributed by atoms with van der Waals surface area (Å²) >= 11 is 1.22. The minimum absolute atomic E-state index is 0.145. The van der Waals surface area contributed by atoms with E-state index in [1.165, 1.54) is 18.4 Å². The molecule has 0 saturated carbocycles. The summed E-state index contributed by atoms with van der Waals surface area (Å²) in [5.74, 6) is -0.539. The van der Waals surface area contributed by atoms with E-state index >= 15 is 0 Å². The highest BCUT2D eigenvalue weighted by molar-refractivity contribution is 7.91. The van der Waals surface area contributed by atoms with E-state index in [-0.39, 0.29) is 30.3 Å². The number of methoxy groups -OCH3 is 1. The van der Waals surface area contributed by atoms with Crippen LogP contribution >= 0.6 is 11.3 Å². The van der Waals surface area contributed by atoms with Gasteiger partial charge in [-0.3, -0.25) is 4.72 Å². The lowest BCUT2D eigenvalue weighted by atomic mass is 10.2. The van der Waals surface area contributed by atoms with Crippen LogP contribution in [0.25, 0.3) is 0 Å². The fraction of sp³-hybridized carbons (Fsp3) is 0.583. The Bertz CT molecular complexity index is 568. The molecule has 1 aromatic rings. The summed E-state index contributed by atoms with van der Waals surface area (Å²) in [5, 5.41) is 0.259. The first-order chi connectivity index (χ1) is 9.93. The van der Waals surface area contributed by atoms with Crippen LogP contribution in [0.4, 0.5) is 5.00 Å². The van der Waals surface area contributed by atoms with Gasteiger partial charge in [-0.05, 0) is 19.4 Å².